The van der Waals surface area contributed by atoms with E-state index in [1.807, 2.05) is 24.3 Å². The van der Waals surface area contributed by atoms with Gasteiger partial charge in [-0.15, -0.1) is 0 Å². The fraction of sp³-hybridized carbons (Fsp3) is 0. The van der Waals surface area contributed by atoms with Crippen molar-refractivity contribution in [3.05, 3.63) is 249 Å². The lowest BCUT2D eigenvalue weighted by molar-refractivity contribution is 1.38. The molecule has 0 unspecified atom stereocenters. The third-order valence-corrected chi connectivity index (χ3v) is 12.0. The predicted molar refractivity (Wildman–Crippen MR) is 261 cm³/mol. The Balaban J connectivity index is 1.78. The van der Waals surface area contributed by atoms with Gasteiger partial charge in [0.05, 0.1) is 116 Å². The molecule has 74 heavy (non-hydrogen) atoms. The smallest absolute Gasteiger partial charge is 0.189 e. The summed E-state index contributed by atoms with van der Waals surface area (Å²) < 4.78 is 0. The van der Waals surface area contributed by atoms with Crippen molar-refractivity contribution in [3.63, 3.8) is 0 Å². The first kappa shape index (κ1) is 47.4. The lowest BCUT2D eigenvalue weighted by Gasteiger charge is -2.22. The van der Waals surface area contributed by atoms with Crippen molar-refractivity contribution in [1.29, 1.82) is 68.4 Å². The number of benzene rings is 6. The molecule has 0 saturated heterocycles. The molecule has 8 rings (SSSR count). The topological polar surface area (TPSA) is 314 Å². The fourth-order valence-electron chi connectivity index (χ4n) is 9.08. The van der Waals surface area contributed by atoms with Crippen molar-refractivity contribution in [1.82, 2.24) is 0 Å². The van der Waals surface area contributed by atoms with E-state index < -0.39 is 0 Å². The number of allylic oxidation sites excluding steroid dienone is 8. The molecule has 0 atom stereocenters. The molecule has 0 saturated carbocycles. The molecule has 0 N–H and O–H groups in total. The van der Waals surface area contributed by atoms with Gasteiger partial charge in [0.25, 0.3) is 0 Å². The van der Waals surface area contributed by atoms with Crippen molar-refractivity contribution < 1.29 is 0 Å². The number of nitrogens with zero attached hydrogens (tertiary/aromatic N) is 14. The van der Waals surface area contributed by atoms with Gasteiger partial charge in [-0.3, -0.25) is 0 Å². The Morgan fingerprint density at radius 3 is 0.865 bits per heavy atom. The highest BCUT2D eigenvalue weighted by molar-refractivity contribution is 6.17. The second-order valence-electron chi connectivity index (χ2n) is 16.0. The van der Waals surface area contributed by atoms with Gasteiger partial charge in [-0.25, -0.2) is 4.85 Å². The summed E-state index contributed by atoms with van der Waals surface area (Å²) >= 11 is 0. The van der Waals surface area contributed by atoms with E-state index in [0.717, 1.165) is 0 Å². The zero-order chi connectivity index (χ0) is 52.8. The molecular formula is C60H18N14. The molecule has 2 aliphatic carbocycles. The summed E-state index contributed by atoms with van der Waals surface area (Å²) in [6, 6.07) is 52.2. The van der Waals surface area contributed by atoms with E-state index in [0.29, 0.717) is 0 Å². The van der Waals surface area contributed by atoms with Gasteiger partial charge in [0, 0.05) is 39.0 Å². The molecule has 2 aliphatic rings. The van der Waals surface area contributed by atoms with Crippen LogP contribution in [0.3, 0.4) is 0 Å². The Morgan fingerprint density at radius 2 is 0.595 bits per heavy atom. The van der Waals surface area contributed by atoms with Crippen LogP contribution in [0, 0.1) is 154 Å². The molecule has 0 heterocycles. The average molecular weight is 935 g/mol. The van der Waals surface area contributed by atoms with Crippen LogP contribution in [0.1, 0.15) is 94.6 Å². The van der Waals surface area contributed by atoms with Crippen molar-refractivity contribution in [2.75, 3.05) is 0 Å². The lowest BCUT2D eigenvalue weighted by atomic mass is 9.79. The van der Waals surface area contributed by atoms with Crippen molar-refractivity contribution in [2.24, 2.45) is 0 Å². The second-order valence-corrected chi connectivity index (χ2v) is 16.0. The summed E-state index contributed by atoms with van der Waals surface area (Å²) in [7, 11) is 0. The molecule has 6 aromatic rings. The van der Waals surface area contributed by atoms with Crippen LogP contribution in [0.15, 0.2) is 143 Å². The summed E-state index contributed by atoms with van der Waals surface area (Å²) in [5.74, 6) is 0. The zero-order valence-corrected chi connectivity index (χ0v) is 37.7. The number of hydrogen-bond acceptors (Lipinski definition) is 13. The van der Waals surface area contributed by atoms with E-state index in [1.54, 1.807) is 0 Å². The minimum atomic E-state index is -0.196. The minimum absolute atomic E-state index is 0.00379. The SMILES string of the molecule is [C-]#[N+]c1cc(C#N)cc(/C(=C2\C3=C(C(C#N)=C2c2ccc(C#N)c(C#N)c2)C(=C(c2cc(C#N)cc(C#N)c2)c2cc(C#N)cc(C#N)c2)C(c2ccc(C#N)c(C#N)c2)=C3C#N)c2cc(C#N)cc(C#N)c2)c1. The van der Waals surface area contributed by atoms with E-state index in [4.69, 9.17) is 6.57 Å². The molecule has 14 heteroatoms. The molecule has 6 aromatic carbocycles. The molecular weight excluding hydrogens is 917 g/mol. The van der Waals surface area contributed by atoms with Gasteiger partial charge in [-0.1, -0.05) is 12.1 Å². The van der Waals surface area contributed by atoms with Gasteiger partial charge >= 0.3 is 0 Å². The predicted octanol–water partition coefficient (Wildman–Crippen LogP) is 10.4. The van der Waals surface area contributed by atoms with E-state index in [9.17, 15) is 68.4 Å². The molecule has 0 amide bonds. The van der Waals surface area contributed by atoms with Crippen molar-refractivity contribution >= 4 is 28.0 Å². The van der Waals surface area contributed by atoms with E-state index in [-0.39, 0.29) is 156 Å². The number of hydrogen-bond donors (Lipinski definition) is 0. The minimum Gasteiger partial charge on any atom is -0.238 e. The van der Waals surface area contributed by atoms with Crippen LogP contribution in [0.2, 0.25) is 0 Å². The fourth-order valence-corrected chi connectivity index (χ4v) is 9.08. The Morgan fingerprint density at radius 1 is 0.297 bits per heavy atom. The summed E-state index contributed by atoms with van der Waals surface area (Å²) in [4.78, 5) is 3.62. The third kappa shape index (κ3) is 8.01. The molecule has 0 aliphatic heterocycles. The van der Waals surface area contributed by atoms with Crippen LogP contribution in [0.5, 0.6) is 0 Å². The maximum atomic E-state index is 11.9. The van der Waals surface area contributed by atoms with Gasteiger partial charge in [0.1, 0.15) is 36.4 Å². The summed E-state index contributed by atoms with van der Waals surface area (Å²) in [6.07, 6.45) is 0. The first-order valence-corrected chi connectivity index (χ1v) is 21.3. The first-order chi connectivity index (χ1) is 36.0. The van der Waals surface area contributed by atoms with Crippen molar-refractivity contribution in [2.45, 2.75) is 0 Å². The molecule has 0 radical (unpaired) electrons. The Kier molecular flexibility index (Phi) is 12.6. The Hall–Kier alpha value is -13.1. The molecule has 0 aromatic heterocycles. The lowest BCUT2D eigenvalue weighted by Crippen LogP contribution is -2.05. The number of rotatable bonds is 6. The van der Waals surface area contributed by atoms with Crippen LogP contribution in [-0.2, 0) is 0 Å². The van der Waals surface area contributed by atoms with Gasteiger partial charge in [0.2, 0.25) is 0 Å². The maximum Gasteiger partial charge on any atom is 0.189 e. The standard InChI is InChI=1S/C60H18N14/c1-74-50-16-39(26-67)15-47(19-50)54(46-13-37(24-65)8-38(14-46)25-66)60-56(41-3-5-43(28-69)49(18-41)30-71)52(32-73)57-58(60)51(31-72)55(40-2-4-42(27-68)48(17-40)29-70)59(57)53(44-9-33(20-61)6-34(10-44)21-62)45-11-35(22-63)7-36(12-45)23-64/h2-19H/b60-54-. The Bertz CT molecular complexity index is 3900. The molecule has 0 spiro atoms. The largest absolute Gasteiger partial charge is 0.238 e. The van der Waals surface area contributed by atoms with Crippen LogP contribution in [-0.4, -0.2) is 0 Å². The second kappa shape index (κ2) is 19.6. The molecule has 14 nitrogen and oxygen atoms in total. The van der Waals surface area contributed by atoms with E-state index in [1.165, 1.54) is 109 Å². The quantitative estimate of drug-likeness (QED) is 0.140. The average Bonchev–Trinajstić information content (AvgIpc) is 3.99. The van der Waals surface area contributed by atoms with Crippen LogP contribution in [0.25, 0.3) is 27.1 Å². The molecule has 0 bridgehead atoms. The van der Waals surface area contributed by atoms with Gasteiger partial charge < -0.3 is 0 Å². The van der Waals surface area contributed by atoms with Crippen molar-refractivity contribution in [3.8, 4) is 78.9 Å². The van der Waals surface area contributed by atoms with Gasteiger partial charge in [-0.2, -0.15) is 68.4 Å². The van der Waals surface area contributed by atoms with E-state index >= 15 is 0 Å². The molecule has 328 valence electrons. The summed E-state index contributed by atoms with van der Waals surface area (Å²) in [6.45, 7) is 8.05. The highest BCUT2D eigenvalue weighted by Gasteiger charge is 2.45. The van der Waals surface area contributed by atoms with Crippen LogP contribution < -0.4 is 0 Å². The highest BCUT2D eigenvalue weighted by Crippen LogP contribution is 2.60. The van der Waals surface area contributed by atoms with Gasteiger partial charge in [0.15, 0.2) is 5.69 Å². The van der Waals surface area contributed by atoms with E-state index in [2.05, 4.69) is 59.5 Å². The summed E-state index contributed by atoms with van der Waals surface area (Å²) in [5, 5.41) is 137. The normalized spacial score (nSPS) is 12.4. The third-order valence-electron chi connectivity index (χ3n) is 12.0. The molecule has 0 fully saturated rings. The van der Waals surface area contributed by atoms with Crippen LogP contribution >= 0.6 is 0 Å². The number of nitriles is 13. The first-order valence-electron chi connectivity index (χ1n) is 21.3. The zero-order valence-electron chi connectivity index (χ0n) is 37.7. The Labute approximate surface area is 422 Å². The maximum absolute atomic E-state index is 11.9. The monoisotopic (exact) mass is 934 g/mol. The van der Waals surface area contributed by atoms with Crippen LogP contribution in [0.4, 0.5) is 5.69 Å². The van der Waals surface area contributed by atoms with Gasteiger partial charge in [-0.05, 0) is 142 Å². The summed E-state index contributed by atoms with van der Waals surface area (Å²) in [5.41, 5.74) is 0.205. The highest BCUT2D eigenvalue weighted by atomic mass is 14.6.